The summed E-state index contributed by atoms with van der Waals surface area (Å²) in [7, 11) is 0. The van der Waals surface area contributed by atoms with Crippen molar-refractivity contribution in [1.82, 2.24) is 10.7 Å². The van der Waals surface area contributed by atoms with Crippen LogP contribution >= 0.6 is 12.2 Å². The molecule has 0 unspecified atom stereocenters. The normalized spacial score (nSPS) is 10.7. The number of nitrogens with zero attached hydrogens (tertiary/aromatic N) is 1. The number of nitrogens with one attached hydrogen (secondary N) is 2. The fourth-order valence-corrected chi connectivity index (χ4v) is 2.39. The molecule has 2 rings (SSSR count). The molecule has 0 spiro atoms. The van der Waals surface area contributed by atoms with Crippen LogP contribution in [0, 0.1) is 12.3 Å². The summed E-state index contributed by atoms with van der Waals surface area (Å²) < 4.78 is 5.61. The van der Waals surface area contributed by atoms with Crippen LogP contribution < -0.4 is 15.5 Å². The first-order valence-corrected chi connectivity index (χ1v) is 7.70. The van der Waals surface area contributed by atoms with Crippen molar-refractivity contribution in [3.63, 3.8) is 0 Å². The first-order valence-electron chi connectivity index (χ1n) is 7.29. The van der Waals surface area contributed by atoms with Crippen LogP contribution in [-0.2, 0) is 0 Å². The molecule has 0 bridgehead atoms. The maximum atomic E-state index is 5.61. The largest absolute Gasteiger partial charge is 0.480 e. The van der Waals surface area contributed by atoms with Crippen LogP contribution in [0.5, 0.6) is 5.75 Å². The highest BCUT2D eigenvalue weighted by Gasteiger charge is 2.07. The van der Waals surface area contributed by atoms with Crippen molar-refractivity contribution in [2.24, 2.45) is 5.10 Å². The first kappa shape index (κ1) is 16.8. The molecule has 0 aliphatic rings. The molecule has 0 aliphatic heterocycles. The van der Waals surface area contributed by atoms with Crippen molar-refractivity contribution in [2.75, 3.05) is 6.61 Å². The average Bonchev–Trinajstić information content (AvgIpc) is 2.53. The SMILES string of the molecule is C#CCOc1ccc2ccccc2c1/C=N\NC(=S)NC(C)C. The molecular weight excluding hydrogens is 306 g/mol. The van der Waals surface area contributed by atoms with Crippen LogP contribution in [0.1, 0.15) is 19.4 Å². The lowest BCUT2D eigenvalue weighted by Gasteiger charge is -2.11. The highest BCUT2D eigenvalue weighted by molar-refractivity contribution is 7.80. The summed E-state index contributed by atoms with van der Waals surface area (Å²) in [6.07, 6.45) is 6.98. The molecule has 0 amide bonds. The van der Waals surface area contributed by atoms with Crippen LogP contribution in [0.3, 0.4) is 0 Å². The molecule has 0 saturated heterocycles. The fraction of sp³-hybridized carbons (Fsp3) is 0.222. The summed E-state index contributed by atoms with van der Waals surface area (Å²) in [5.41, 5.74) is 3.66. The lowest BCUT2D eigenvalue weighted by molar-refractivity contribution is 0.370. The molecule has 0 aliphatic carbocycles. The van der Waals surface area contributed by atoms with Gasteiger partial charge in [0.2, 0.25) is 0 Å². The van der Waals surface area contributed by atoms with E-state index < -0.39 is 0 Å². The van der Waals surface area contributed by atoms with Gasteiger partial charge in [-0.15, -0.1) is 6.42 Å². The number of hydrogen-bond donors (Lipinski definition) is 2. The number of terminal acetylenes is 1. The molecule has 2 N–H and O–H groups in total. The Labute approximate surface area is 141 Å². The van der Waals surface area contributed by atoms with Gasteiger partial charge in [-0.3, -0.25) is 5.43 Å². The van der Waals surface area contributed by atoms with Gasteiger partial charge in [-0.25, -0.2) is 0 Å². The molecule has 0 atom stereocenters. The second-order valence-corrected chi connectivity index (χ2v) is 5.60. The number of hydrazone groups is 1. The Bertz CT molecular complexity index is 762. The van der Waals surface area contributed by atoms with Crippen molar-refractivity contribution in [1.29, 1.82) is 0 Å². The Morgan fingerprint density at radius 3 is 2.87 bits per heavy atom. The zero-order valence-corrected chi connectivity index (χ0v) is 14.0. The third-order valence-corrected chi connectivity index (χ3v) is 3.23. The maximum Gasteiger partial charge on any atom is 0.187 e. The van der Waals surface area contributed by atoms with Gasteiger partial charge in [-0.1, -0.05) is 36.3 Å². The molecule has 0 aromatic heterocycles. The van der Waals surface area contributed by atoms with Gasteiger partial charge in [0.1, 0.15) is 12.4 Å². The van der Waals surface area contributed by atoms with Gasteiger partial charge in [0.15, 0.2) is 5.11 Å². The van der Waals surface area contributed by atoms with Gasteiger partial charge >= 0.3 is 0 Å². The molecule has 4 nitrogen and oxygen atoms in total. The zero-order valence-electron chi connectivity index (χ0n) is 13.2. The third kappa shape index (κ3) is 4.70. The molecule has 118 valence electrons. The summed E-state index contributed by atoms with van der Waals surface area (Å²) in [6, 6.07) is 12.2. The van der Waals surface area contributed by atoms with Crippen molar-refractivity contribution >= 4 is 34.3 Å². The number of hydrogen-bond acceptors (Lipinski definition) is 3. The topological polar surface area (TPSA) is 45.6 Å². The second kappa shape index (κ2) is 8.16. The van der Waals surface area contributed by atoms with Gasteiger partial charge in [0.05, 0.1) is 6.21 Å². The molecular formula is C18H19N3OS. The molecule has 0 fully saturated rings. The number of benzene rings is 2. The lowest BCUT2D eigenvalue weighted by atomic mass is 10.0. The quantitative estimate of drug-likeness (QED) is 0.384. The van der Waals surface area contributed by atoms with E-state index in [0.29, 0.717) is 10.9 Å². The smallest absolute Gasteiger partial charge is 0.187 e. The van der Waals surface area contributed by atoms with Crippen LogP contribution in [-0.4, -0.2) is 24.0 Å². The minimum absolute atomic E-state index is 0.208. The maximum absolute atomic E-state index is 5.61. The van der Waals surface area contributed by atoms with Crippen molar-refractivity contribution < 1.29 is 4.74 Å². The minimum atomic E-state index is 0.208. The Balaban J connectivity index is 2.28. The molecule has 23 heavy (non-hydrogen) atoms. The third-order valence-electron chi connectivity index (χ3n) is 3.02. The van der Waals surface area contributed by atoms with E-state index in [0.717, 1.165) is 16.3 Å². The van der Waals surface area contributed by atoms with E-state index in [2.05, 4.69) is 21.8 Å². The monoisotopic (exact) mass is 325 g/mol. The van der Waals surface area contributed by atoms with E-state index in [1.54, 1.807) is 6.21 Å². The summed E-state index contributed by atoms with van der Waals surface area (Å²) in [6.45, 7) is 4.22. The predicted molar refractivity (Wildman–Crippen MR) is 99.9 cm³/mol. The summed E-state index contributed by atoms with van der Waals surface area (Å²) >= 11 is 5.15. The lowest BCUT2D eigenvalue weighted by Crippen LogP contribution is -2.36. The first-order chi connectivity index (χ1) is 11.1. The summed E-state index contributed by atoms with van der Waals surface area (Å²) in [4.78, 5) is 0. The summed E-state index contributed by atoms with van der Waals surface area (Å²) in [5.74, 6) is 3.16. The van der Waals surface area contributed by atoms with Crippen LogP contribution in [0.2, 0.25) is 0 Å². The van der Waals surface area contributed by atoms with Gasteiger partial charge in [-0.2, -0.15) is 5.10 Å². The Morgan fingerprint density at radius 2 is 2.13 bits per heavy atom. The van der Waals surface area contributed by atoms with Crippen molar-refractivity contribution in [2.45, 2.75) is 19.9 Å². The average molecular weight is 325 g/mol. The van der Waals surface area contributed by atoms with Crippen LogP contribution in [0.15, 0.2) is 41.5 Å². The Hall–Kier alpha value is -2.58. The predicted octanol–water partition coefficient (Wildman–Crippen LogP) is 3.06. The van der Waals surface area contributed by atoms with E-state index >= 15 is 0 Å². The van der Waals surface area contributed by atoms with Gasteiger partial charge in [-0.05, 0) is 42.9 Å². The highest BCUT2D eigenvalue weighted by Crippen LogP contribution is 2.26. The van der Waals surface area contributed by atoms with Crippen molar-refractivity contribution in [3.8, 4) is 18.1 Å². The van der Waals surface area contributed by atoms with E-state index in [1.807, 2.05) is 50.2 Å². The number of rotatable bonds is 5. The minimum Gasteiger partial charge on any atom is -0.480 e. The van der Waals surface area contributed by atoms with E-state index in [4.69, 9.17) is 23.4 Å². The molecule has 2 aromatic rings. The zero-order chi connectivity index (χ0) is 16.7. The molecule has 5 heteroatoms. The van der Waals surface area contributed by atoms with E-state index in [9.17, 15) is 0 Å². The Kier molecular flexibility index (Phi) is 5.95. The van der Waals surface area contributed by atoms with E-state index in [1.165, 1.54) is 0 Å². The molecule has 0 heterocycles. The van der Waals surface area contributed by atoms with Gasteiger partial charge in [0.25, 0.3) is 0 Å². The number of thiocarbonyl (C=S) groups is 1. The van der Waals surface area contributed by atoms with Crippen LogP contribution in [0.4, 0.5) is 0 Å². The standard InChI is InChI=1S/C18H19N3OS/c1-4-11-22-17-10-9-14-7-5-6-8-15(14)16(17)12-19-21-18(23)20-13(2)3/h1,5-10,12-13H,11H2,2-3H3,(H2,20,21,23)/b19-12-. The summed E-state index contributed by atoms with van der Waals surface area (Å²) in [5, 5.41) is 9.88. The van der Waals surface area contributed by atoms with Gasteiger partial charge < -0.3 is 10.1 Å². The highest BCUT2D eigenvalue weighted by atomic mass is 32.1. The van der Waals surface area contributed by atoms with Crippen molar-refractivity contribution in [3.05, 3.63) is 42.0 Å². The molecule has 0 radical (unpaired) electrons. The van der Waals surface area contributed by atoms with Gasteiger partial charge in [0, 0.05) is 11.6 Å². The number of fused-ring (bicyclic) bond motifs is 1. The Morgan fingerprint density at radius 1 is 1.35 bits per heavy atom. The number of ether oxygens (including phenoxy) is 1. The second-order valence-electron chi connectivity index (χ2n) is 5.19. The van der Waals surface area contributed by atoms with E-state index in [-0.39, 0.29) is 12.6 Å². The van der Waals surface area contributed by atoms with Crippen LogP contribution in [0.25, 0.3) is 10.8 Å². The molecule has 2 aromatic carbocycles. The molecule has 0 saturated carbocycles. The fourth-order valence-electron chi connectivity index (χ4n) is 2.10.